The Kier molecular flexibility index (Phi) is 8.68. The van der Waals surface area contributed by atoms with E-state index in [1.807, 2.05) is 24.3 Å². The highest BCUT2D eigenvalue weighted by Crippen LogP contribution is 2.32. The van der Waals surface area contributed by atoms with Gasteiger partial charge >= 0.3 is 5.97 Å². The van der Waals surface area contributed by atoms with Crippen LogP contribution in [0.4, 0.5) is 0 Å². The number of nitrogens with one attached hydrogen (secondary N) is 1. The molecule has 0 aliphatic rings. The molecule has 1 unspecified atom stereocenters. The molecule has 3 aromatic rings. The molecular formula is C26H31NO3S. The highest BCUT2D eigenvalue weighted by Gasteiger charge is 2.15. The number of carboxylic acids is 1. The van der Waals surface area contributed by atoms with Gasteiger partial charge in [0.15, 0.2) is 0 Å². The molecule has 0 fully saturated rings. The number of hydrogen-bond acceptors (Lipinski definition) is 4. The summed E-state index contributed by atoms with van der Waals surface area (Å²) >= 11 is 1.75. The van der Waals surface area contributed by atoms with Crippen molar-refractivity contribution in [1.29, 1.82) is 0 Å². The van der Waals surface area contributed by atoms with Gasteiger partial charge in [0.05, 0.1) is 13.0 Å². The Morgan fingerprint density at radius 2 is 1.87 bits per heavy atom. The van der Waals surface area contributed by atoms with Gasteiger partial charge in [0.1, 0.15) is 5.75 Å². The van der Waals surface area contributed by atoms with Crippen LogP contribution in [0.3, 0.4) is 0 Å². The Morgan fingerprint density at radius 1 is 1.06 bits per heavy atom. The first-order valence-electron chi connectivity index (χ1n) is 10.8. The van der Waals surface area contributed by atoms with Crippen LogP contribution in [-0.4, -0.2) is 24.2 Å². The van der Waals surface area contributed by atoms with Crippen molar-refractivity contribution in [3.8, 4) is 5.75 Å². The summed E-state index contributed by atoms with van der Waals surface area (Å²) < 4.78 is 5.97. The zero-order chi connectivity index (χ0) is 22.1. The fourth-order valence-electron chi connectivity index (χ4n) is 3.59. The van der Waals surface area contributed by atoms with E-state index >= 15 is 0 Å². The van der Waals surface area contributed by atoms with Gasteiger partial charge in [-0.05, 0) is 83.5 Å². The molecule has 4 nitrogen and oxygen atoms in total. The predicted molar refractivity (Wildman–Crippen MR) is 127 cm³/mol. The number of thiophene rings is 1. The molecule has 2 aromatic carbocycles. The van der Waals surface area contributed by atoms with Crippen LogP contribution in [0.15, 0.2) is 59.3 Å². The summed E-state index contributed by atoms with van der Waals surface area (Å²) in [6.07, 6.45) is 2.16. The SMILES string of the molecule is Cc1ccc(C(CCCOc2ccc(CNCCC(=O)O)cc2)c2ccsc2)cc1C. The molecule has 1 aromatic heterocycles. The van der Waals surface area contributed by atoms with Crippen molar-refractivity contribution in [3.63, 3.8) is 0 Å². The average Bonchev–Trinajstić information content (AvgIpc) is 3.29. The molecule has 2 N–H and O–H groups in total. The molecule has 0 spiro atoms. The Hall–Kier alpha value is -2.63. The van der Waals surface area contributed by atoms with Crippen molar-refractivity contribution in [2.45, 2.75) is 45.6 Å². The number of carbonyl (C=O) groups is 1. The maximum atomic E-state index is 10.5. The van der Waals surface area contributed by atoms with Crippen molar-refractivity contribution in [1.82, 2.24) is 5.32 Å². The van der Waals surface area contributed by atoms with E-state index < -0.39 is 5.97 Å². The predicted octanol–water partition coefficient (Wildman–Crippen LogP) is 5.92. The lowest BCUT2D eigenvalue weighted by Gasteiger charge is -2.18. The fraction of sp³-hybridized carbons (Fsp3) is 0.346. The van der Waals surface area contributed by atoms with Gasteiger partial charge in [0.25, 0.3) is 0 Å². The number of benzene rings is 2. The molecule has 0 saturated heterocycles. The van der Waals surface area contributed by atoms with E-state index in [1.165, 1.54) is 22.3 Å². The van der Waals surface area contributed by atoms with E-state index in [4.69, 9.17) is 9.84 Å². The van der Waals surface area contributed by atoms with Crippen LogP contribution in [0.1, 0.15) is 53.0 Å². The van der Waals surface area contributed by atoms with E-state index in [9.17, 15) is 4.79 Å². The topological polar surface area (TPSA) is 58.6 Å². The lowest BCUT2D eigenvalue weighted by molar-refractivity contribution is -0.136. The monoisotopic (exact) mass is 437 g/mol. The van der Waals surface area contributed by atoms with Crippen molar-refractivity contribution >= 4 is 17.3 Å². The second kappa shape index (κ2) is 11.7. The number of carboxylic acid groups (broad SMARTS) is 1. The molecule has 1 atom stereocenters. The molecule has 0 amide bonds. The second-order valence-corrected chi connectivity index (χ2v) is 8.69. The fourth-order valence-corrected chi connectivity index (χ4v) is 4.30. The molecule has 1 heterocycles. The Balaban J connectivity index is 1.48. The van der Waals surface area contributed by atoms with Crippen molar-refractivity contribution in [2.75, 3.05) is 13.2 Å². The first-order valence-corrected chi connectivity index (χ1v) is 11.7. The summed E-state index contributed by atoms with van der Waals surface area (Å²) in [6.45, 7) is 6.15. The zero-order valence-corrected chi connectivity index (χ0v) is 19.1. The van der Waals surface area contributed by atoms with Crippen LogP contribution < -0.4 is 10.1 Å². The maximum absolute atomic E-state index is 10.5. The normalized spacial score (nSPS) is 11.9. The van der Waals surface area contributed by atoms with Crippen LogP contribution in [0, 0.1) is 13.8 Å². The van der Waals surface area contributed by atoms with Crippen LogP contribution in [0.25, 0.3) is 0 Å². The summed E-state index contributed by atoms with van der Waals surface area (Å²) in [4.78, 5) is 10.5. The third kappa shape index (κ3) is 7.23. The van der Waals surface area contributed by atoms with Crippen LogP contribution in [-0.2, 0) is 11.3 Å². The summed E-state index contributed by atoms with van der Waals surface area (Å²) in [5.74, 6) is 0.482. The summed E-state index contributed by atoms with van der Waals surface area (Å²) in [6, 6.07) is 17.0. The standard InChI is InChI=1S/C26H31NO3S/c1-19-5-8-22(16-20(19)2)25(23-12-15-31-18-23)4-3-14-30-24-9-6-21(7-10-24)17-27-13-11-26(28)29/h5-10,12,15-16,18,25,27H,3-4,11,13-14,17H2,1-2H3,(H,28,29). The third-order valence-electron chi connectivity index (χ3n) is 5.55. The van der Waals surface area contributed by atoms with Crippen LogP contribution >= 0.6 is 11.3 Å². The Morgan fingerprint density at radius 3 is 2.55 bits per heavy atom. The molecule has 31 heavy (non-hydrogen) atoms. The number of aryl methyl sites for hydroxylation is 2. The molecule has 0 aliphatic heterocycles. The Labute approximate surface area is 188 Å². The van der Waals surface area contributed by atoms with E-state index in [-0.39, 0.29) is 6.42 Å². The summed E-state index contributed by atoms with van der Waals surface area (Å²) in [5, 5.41) is 16.2. The Bertz CT molecular complexity index is 951. The van der Waals surface area contributed by atoms with Gasteiger partial charge in [-0.15, -0.1) is 0 Å². The third-order valence-corrected chi connectivity index (χ3v) is 6.25. The largest absolute Gasteiger partial charge is 0.494 e. The minimum atomic E-state index is -0.782. The quantitative estimate of drug-likeness (QED) is 0.345. The second-order valence-electron chi connectivity index (χ2n) is 7.91. The van der Waals surface area contributed by atoms with Gasteiger partial charge in [0.2, 0.25) is 0 Å². The molecule has 3 rings (SSSR count). The van der Waals surface area contributed by atoms with Gasteiger partial charge in [-0.25, -0.2) is 0 Å². The molecular weight excluding hydrogens is 406 g/mol. The average molecular weight is 438 g/mol. The molecule has 5 heteroatoms. The number of rotatable bonds is 12. The minimum absolute atomic E-state index is 0.135. The minimum Gasteiger partial charge on any atom is -0.494 e. The van der Waals surface area contributed by atoms with Gasteiger partial charge in [-0.3, -0.25) is 4.79 Å². The van der Waals surface area contributed by atoms with E-state index in [0.29, 0.717) is 25.6 Å². The number of ether oxygens (including phenoxy) is 1. The van der Waals surface area contributed by atoms with Crippen molar-refractivity contribution < 1.29 is 14.6 Å². The van der Waals surface area contributed by atoms with E-state index in [0.717, 1.165) is 24.2 Å². The van der Waals surface area contributed by atoms with Gasteiger partial charge in [-0.1, -0.05) is 30.3 Å². The van der Waals surface area contributed by atoms with Gasteiger partial charge in [-0.2, -0.15) is 11.3 Å². The van der Waals surface area contributed by atoms with E-state index in [2.05, 4.69) is 54.2 Å². The first kappa shape index (κ1) is 23.0. The molecule has 164 valence electrons. The molecule has 0 radical (unpaired) electrons. The van der Waals surface area contributed by atoms with E-state index in [1.54, 1.807) is 11.3 Å². The lowest BCUT2D eigenvalue weighted by atomic mass is 9.87. The zero-order valence-electron chi connectivity index (χ0n) is 18.3. The van der Waals surface area contributed by atoms with Crippen LogP contribution in [0.5, 0.6) is 5.75 Å². The molecule has 0 bridgehead atoms. The summed E-state index contributed by atoms with van der Waals surface area (Å²) in [5.41, 5.74) is 6.54. The highest BCUT2D eigenvalue weighted by molar-refractivity contribution is 7.08. The van der Waals surface area contributed by atoms with Crippen LogP contribution in [0.2, 0.25) is 0 Å². The van der Waals surface area contributed by atoms with Crippen molar-refractivity contribution in [2.24, 2.45) is 0 Å². The number of hydrogen-bond donors (Lipinski definition) is 2. The lowest BCUT2D eigenvalue weighted by Crippen LogP contribution is -2.17. The van der Waals surface area contributed by atoms with Gasteiger partial charge in [0, 0.05) is 19.0 Å². The smallest absolute Gasteiger partial charge is 0.304 e. The van der Waals surface area contributed by atoms with Gasteiger partial charge < -0.3 is 15.2 Å². The molecule has 0 aliphatic carbocycles. The first-order chi connectivity index (χ1) is 15.0. The molecule has 0 saturated carbocycles. The maximum Gasteiger partial charge on any atom is 0.304 e. The van der Waals surface area contributed by atoms with Crippen molar-refractivity contribution in [3.05, 3.63) is 87.1 Å². The number of aliphatic carboxylic acids is 1. The summed E-state index contributed by atoms with van der Waals surface area (Å²) in [7, 11) is 0. The highest BCUT2D eigenvalue weighted by atomic mass is 32.1.